The van der Waals surface area contributed by atoms with E-state index in [9.17, 15) is 4.79 Å². The summed E-state index contributed by atoms with van der Waals surface area (Å²) in [7, 11) is 0. The predicted octanol–water partition coefficient (Wildman–Crippen LogP) is 1.09. The SMILES string of the molecule is O=[C](I)[Ir]. The molecular weight excluding hydrogens is 347 g/mol. The molecule has 1 nitrogen and oxygen atoms in total. The van der Waals surface area contributed by atoms with Crippen LogP contribution in [-0.2, 0) is 18.9 Å². The van der Waals surface area contributed by atoms with Crippen molar-refractivity contribution in [3.8, 4) is 0 Å². The zero-order valence-electron chi connectivity index (χ0n) is 1.62. The van der Waals surface area contributed by atoms with E-state index in [-0.39, 0.29) is 2.30 Å². The van der Waals surface area contributed by atoms with Crippen molar-refractivity contribution in [2.24, 2.45) is 0 Å². The third-order valence-electron chi connectivity index (χ3n) is 0. The summed E-state index contributed by atoms with van der Waals surface area (Å²) in [5, 5.41) is 0. The van der Waals surface area contributed by atoms with Crippen LogP contribution in [-0.4, -0.2) is 2.30 Å². The quantitative estimate of drug-likeness (QED) is 0.474. The van der Waals surface area contributed by atoms with E-state index in [4.69, 9.17) is 0 Å². The third-order valence-corrected chi connectivity index (χ3v) is 0. The van der Waals surface area contributed by atoms with Crippen molar-refractivity contribution >= 4 is 24.9 Å². The Kier molecular flexibility index (Phi) is 2.90. The van der Waals surface area contributed by atoms with Gasteiger partial charge in [-0.2, -0.15) is 0 Å². The molecule has 0 unspecified atom stereocenters. The Morgan fingerprint density at radius 2 is 2.00 bits per heavy atom. The first-order valence-corrected chi connectivity index (χ1v) is 2.84. The molecule has 26 valence electrons. The van der Waals surface area contributed by atoms with Gasteiger partial charge >= 0.3 is 48.6 Å². The molecule has 0 saturated carbocycles. The molecule has 0 aromatic heterocycles. The van der Waals surface area contributed by atoms with Crippen LogP contribution in [0.4, 0.5) is 4.79 Å². The topological polar surface area (TPSA) is 17.1 Å². The minimum atomic E-state index is 0.137. The van der Waals surface area contributed by atoms with Crippen molar-refractivity contribution in [1.29, 1.82) is 0 Å². The van der Waals surface area contributed by atoms with E-state index in [0.717, 1.165) is 0 Å². The van der Waals surface area contributed by atoms with Crippen LogP contribution in [0.5, 0.6) is 0 Å². The maximum atomic E-state index is 9.43. The fourth-order valence-electron chi connectivity index (χ4n) is 0. The van der Waals surface area contributed by atoms with Gasteiger partial charge in [-0.05, 0) is 0 Å². The fraction of sp³-hybridized carbons (Fsp3) is 0. The number of hydrogen-bond donors (Lipinski definition) is 0. The van der Waals surface area contributed by atoms with E-state index in [0.29, 0.717) is 0 Å². The monoisotopic (exact) mass is 348 g/mol. The van der Waals surface area contributed by atoms with Gasteiger partial charge in [-0.3, -0.25) is 0 Å². The first kappa shape index (κ1) is 5.05. The summed E-state index contributed by atoms with van der Waals surface area (Å²) in [5.41, 5.74) is 0. The average molecular weight is 347 g/mol. The van der Waals surface area contributed by atoms with E-state index >= 15 is 0 Å². The zero-order valence-corrected chi connectivity index (χ0v) is 6.17. The van der Waals surface area contributed by atoms with Crippen LogP contribution in [0.25, 0.3) is 0 Å². The summed E-state index contributed by atoms with van der Waals surface area (Å²) in [4.78, 5) is 9.43. The van der Waals surface area contributed by atoms with Gasteiger partial charge in [0, 0.05) is 0 Å². The molecular formula is CIIrO. The van der Waals surface area contributed by atoms with Crippen LogP contribution in [0.1, 0.15) is 0 Å². The molecule has 0 rings (SSSR count). The second kappa shape index (κ2) is 2.30. The fourth-order valence-corrected chi connectivity index (χ4v) is 0. The van der Waals surface area contributed by atoms with Crippen LogP contribution < -0.4 is 0 Å². The van der Waals surface area contributed by atoms with E-state index in [1.54, 1.807) is 22.6 Å². The third kappa shape index (κ3) is 11.6. The number of carbonyl (C=O) groups excluding carboxylic acids is 1. The standard InChI is InChI=1S/CIO.Ir/c2-1-3;. The molecule has 4 heavy (non-hydrogen) atoms. The molecule has 0 aromatic rings. The van der Waals surface area contributed by atoms with Gasteiger partial charge in [-0.1, -0.05) is 0 Å². The van der Waals surface area contributed by atoms with E-state index in [1.807, 2.05) is 0 Å². The molecule has 0 aliphatic carbocycles. The van der Waals surface area contributed by atoms with E-state index in [2.05, 4.69) is 0 Å². The molecule has 0 bridgehead atoms. The Labute approximate surface area is 48.4 Å². The van der Waals surface area contributed by atoms with Gasteiger partial charge in [0.1, 0.15) is 0 Å². The van der Waals surface area contributed by atoms with Crippen LogP contribution in [0.15, 0.2) is 0 Å². The second-order valence-electron chi connectivity index (χ2n) is 0.208. The molecule has 3 heteroatoms. The molecule has 0 N–H and O–H groups in total. The zero-order chi connectivity index (χ0) is 3.58. The van der Waals surface area contributed by atoms with Crippen LogP contribution in [0.3, 0.4) is 0 Å². The molecule has 0 radical (unpaired) electrons. The van der Waals surface area contributed by atoms with Crippen LogP contribution in [0.2, 0.25) is 0 Å². The normalized spacial score (nSPS) is 6.75. The Morgan fingerprint density at radius 1 is 2.00 bits per heavy atom. The Bertz CT molecular complexity index is 31.0. The van der Waals surface area contributed by atoms with E-state index < -0.39 is 0 Å². The summed E-state index contributed by atoms with van der Waals surface area (Å²) in [6.07, 6.45) is 0. The molecule has 0 fully saturated rings. The molecule has 0 aliphatic rings. The summed E-state index contributed by atoms with van der Waals surface area (Å²) in [6, 6.07) is 0. The van der Waals surface area contributed by atoms with Gasteiger partial charge in [0.05, 0.1) is 0 Å². The van der Waals surface area contributed by atoms with Gasteiger partial charge in [0.15, 0.2) is 0 Å². The number of hydrogen-bond acceptors (Lipinski definition) is 1. The number of rotatable bonds is 0. The van der Waals surface area contributed by atoms with Crippen LogP contribution in [0, 0.1) is 0 Å². The van der Waals surface area contributed by atoms with Crippen molar-refractivity contribution in [3.63, 3.8) is 0 Å². The van der Waals surface area contributed by atoms with Gasteiger partial charge in [-0.15, -0.1) is 0 Å². The maximum absolute atomic E-state index is 9.43. The molecule has 0 atom stereocenters. The molecule has 0 saturated heterocycles. The summed E-state index contributed by atoms with van der Waals surface area (Å²) in [5.74, 6) is 0. The van der Waals surface area contributed by atoms with E-state index in [1.165, 1.54) is 18.9 Å². The molecule has 0 spiro atoms. The second-order valence-corrected chi connectivity index (χ2v) is 4.53. The summed E-state index contributed by atoms with van der Waals surface area (Å²) in [6.45, 7) is 0. The average Bonchev–Trinajstić information content (AvgIpc) is 0.811. The Hall–Kier alpha value is 1.05. The molecule has 0 aliphatic heterocycles. The van der Waals surface area contributed by atoms with Gasteiger partial charge in [0.2, 0.25) is 0 Å². The first-order valence-electron chi connectivity index (χ1n) is 0.560. The Morgan fingerprint density at radius 3 is 2.00 bits per heavy atom. The molecule has 0 aromatic carbocycles. The first-order chi connectivity index (χ1) is 1.73. The summed E-state index contributed by atoms with van der Waals surface area (Å²) < 4.78 is 0.137. The van der Waals surface area contributed by atoms with Crippen molar-refractivity contribution < 1.29 is 23.7 Å². The Balaban J connectivity index is 2.80. The van der Waals surface area contributed by atoms with Crippen molar-refractivity contribution in [2.45, 2.75) is 0 Å². The molecule has 0 amide bonds. The van der Waals surface area contributed by atoms with Gasteiger partial charge in [-0.25, -0.2) is 0 Å². The molecule has 0 heterocycles. The van der Waals surface area contributed by atoms with Crippen molar-refractivity contribution in [3.05, 3.63) is 0 Å². The van der Waals surface area contributed by atoms with Crippen molar-refractivity contribution in [1.82, 2.24) is 0 Å². The van der Waals surface area contributed by atoms with Crippen molar-refractivity contribution in [2.75, 3.05) is 0 Å². The minimum absolute atomic E-state index is 0.137. The predicted molar refractivity (Wildman–Crippen MR) is 19.4 cm³/mol. The van der Waals surface area contributed by atoms with Gasteiger partial charge < -0.3 is 0 Å². The number of carbonyl (C=O) groups is 1. The number of halogens is 1. The van der Waals surface area contributed by atoms with Crippen LogP contribution >= 0.6 is 22.6 Å². The summed E-state index contributed by atoms with van der Waals surface area (Å²) >= 11 is 3.22. The van der Waals surface area contributed by atoms with Gasteiger partial charge in [0.25, 0.3) is 0 Å².